The molecule has 0 unspecified atom stereocenters. The molecule has 0 aliphatic carbocycles. The molecule has 0 aliphatic heterocycles. The molecule has 0 radical (unpaired) electrons. The number of hydrogen-bond donors (Lipinski definition) is 4. The fourth-order valence-electron chi connectivity index (χ4n) is 1.22. The van der Waals surface area contributed by atoms with Crippen molar-refractivity contribution >= 4 is 39.3 Å². The highest BCUT2D eigenvalue weighted by atomic mass is 79.9. The van der Waals surface area contributed by atoms with Crippen LogP contribution < -0.4 is 10.6 Å². The standard InChI is InChI=1S/C10H10BrN3O6/c11-6-2-1-5(14(19)20)3-7(6)12-10(18)13-8(4-15)9(16)17/h1-3,8,15H,4H2,(H,16,17)(H2,12,13,18)/t8-/m1/s1. The number of carboxylic acids is 1. The molecule has 1 rings (SSSR count). The number of carbonyl (C=O) groups excluding carboxylic acids is 1. The fraction of sp³-hybridized carbons (Fsp3) is 0.200. The molecule has 0 bridgehead atoms. The maximum Gasteiger partial charge on any atom is 0.328 e. The molecule has 10 heteroatoms. The second-order valence-corrected chi connectivity index (χ2v) is 4.45. The van der Waals surface area contributed by atoms with Crippen molar-refractivity contribution in [2.75, 3.05) is 11.9 Å². The van der Waals surface area contributed by atoms with Crippen molar-refractivity contribution in [2.45, 2.75) is 6.04 Å². The summed E-state index contributed by atoms with van der Waals surface area (Å²) in [5.74, 6) is -1.40. The van der Waals surface area contributed by atoms with E-state index in [0.717, 1.165) is 6.07 Å². The van der Waals surface area contributed by atoms with Gasteiger partial charge in [-0.25, -0.2) is 9.59 Å². The van der Waals surface area contributed by atoms with Gasteiger partial charge in [-0.2, -0.15) is 0 Å². The van der Waals surface area contributed by atoms with E-state index in [4.69, 9.17) is 10.2 Å². The molecule has 0 fully saturated rings. The van der Waals surface area contributed by atoms with Gasteiger partial charge in [0.05, 0.1) is 17.2 Å². The number of urea groups is 1. The normalized spacial score (nSPS) is 11.5. The van der Waals surface area contributed by atoms with Gasteiger partial charge >= 0.3 is 12.0 Å². The predicted molar refractivity (Wildman–Crippen MR) is 71.5 cm³/mol. The zero-order valence-electron chi connectivity index (χ0n) is 9.87. The van der Waals surface area contributed by atoms with E-state index >= 15 is 0 Å². The number of halogens is 1. The lowest BCUT2D eigenvalue weighted by molar-refractivity contribution is -0.384. The molecule has 4 N–H and O–H groups in total. The number of rotatable bonds is 5. The molecule has 1 atom stereocenters. The second kappa shape index (κ2) is 6.82. The Hall–Kier alpha value is -2.20. The van der Waals surface area contributed by atoms with Crippen LogP contribution in [-0.2, 0) is 4.79 Å². The van der Waals surface area contributed by atoms with Crippen molar-refractivity contribution in [3.05, 3.63) is 32.8 Å². The van der Waals surface area contributed by atoms with Crippen LogP contribution in [0, 0.1) is 10.1 Å². The van der Waals surface area contributed by atoms with Crippen molar-refractivity contribution in [3.8, 4) is 0 Å². The van der Waals surface area contributed by atoms with Crippen LogP contribution in [0.3, 0.4) is 0 Å². The van der Waals surface area contributed by atoms with Crippen LogP contribution in [0.1, 0.15) is 0 Å². The van der Waals surface area contributed by atoms with Crippen LogP contribution in [0.25, 0.3) is 0 Å². The third-order valence-corrected chi connectivity index (χ3v) is 2.89. The molecule has 0 aliphatic rings. The number of aliphatic hydroxyl groups excluding tert-OH is 1. The highest BCUT2D eigenvalue weighted by molar-refractivity contribution is 9.10. The molecule has 1 aromatic rings. The summed E-state index contributed by atoms with van der Waals surface area (Å²) < 4.78 is 0.383. The molecule has 1 aromatic carbocycles. The third kappa shape index (κ3) is 4.17. The van der Waals surface area contributed by atoms with Gasteiger partial charge in [0.25, 0.3) is 5.69 Å². The van der Waals surface area contributed by atoms with E-state index in [2.05, 4.69) is 21.2 Å². The molecule has 9 nitrogen and oxygen atoms in total. The lowest BCUT2D eigenvalue weighted by Gasteiger charge is -2.13. The summed E-state index contributed by atoms with van der Waals surface area (Å²) in [6, 6.07) is 1.34. The van der Waals surface area contributed by atoms with E-state index in [1.54, 1.807) is 0 Å². The Bertz CT molecular complexity index is 550. The van der Waals surface area contributed by atoms with E-state index < -0.39 is 29.6 Å². The second-order valence-electron chi connectivity index (χ2n) is 3.59. The van der Waals surface area contributed by atoms with Gasteiger partial charge in [-0.15, -0.1) is 0 Å². The average molecular weight is 348 g/mol. The molecule has 0 saturated carbocycles. The monoisotopic (exact) mass is 347 g/mol. The lowest BCUT2D eigenvalue weighted by Crippen LogP contribution is -2.45. The molecular formula is C10H10BrN3O6. The van der Waals surface area contributed by atoms with Crippen LogP contribution >= 0.6 is 15.9 Å². The van der Waals surface area contributed by atoms with Gasteiger partial charge < -0.3 is 20.8 Å². The summed E-state index contributed by atoms with van der Waals surface area (Å²) >= 11 is 3.09. The highest BCUT2D eigenvalue weighted by Crippen LogP contribution is 2.26. The van der Waals surface area contributed by atoms with Gasteiger partial charge in [-0.1, -0.05) is 0 Å². The number of benzene rings is 1. The Morgan fingerprint density at radius 3 is 2.60 bits per heavy atom. The number of carbonyl (C=O) groups is 2. The molecule has 2 amide bonds. The zero-order chi connectivity index (χ0) is 15.3. The molecule has 0 heterocycles. The first-order valence-electron chi connectivity index (χ1n) is 5.20. The summed E-state index contributed by atoms with van der Waals surface area (Å²) in [7, 11) is 0. The van der Waals surface area contributed by atoms with E-state index in [1.807, 2.05) is 5.32 Å². The van der Waals surface area contributed by atoms with Gasteiger partial charge in [0.1, 0.15) is 0 Å². The van der Waals surface area contributed by atoms with Gasteiger partial charge in [0.15, 0.2) is 6.04 Å². The van der Waals surface area contributed by atoms with Crippen LogP contribution in [0.15, 0.2) is 22.7 Å². The number of nitro groups is 1. The van der Waals surface area contributed by atoms with Gasteiger partial charge in [0.2, 0.25) is 0 Å². The Morgan fingerprint density at radius 1 is 1.45 bits per heavy atom. The van der Waals surface area contributed by atoms with Crippen LogP contribution in [0.5, 0.6) is 0 Å². The average Bonchev–Trinajstić information content (AvgIpc) is 2.37. The maximum atomic E-state index is 11.5. The number of nitrogens with zero attached hydrogens (tertiary/aromatic N) is 1. The van der Waals surface area contributed by atoms with Crippen molar-refractivity contribution in [1.82, 2.24) is 5.32 Å². The lowest BCUT2D eigenvalue weighted by atomic mass is 10.3. The minimum absolute atomic E-state index is 0.0961. The number of nitro benzene ring substituents is 1. The highest BCUT2D eigenvalue weighted by Gasteiger charge is 2.19. The first kappa shape index (κ1) is 15.9. The first-order chi connectivity index (χ1) is 9.35. The maximum absolute atomic E-state index is 11.5. The largest absolute Gasteiger partial charge is 0.480 e. The summed E-state index contributed by atoms with van der Waals surface area (Å²) in [4.78, 5) is 32.1. The molecule has 0 aromatic heterocycles. The van der Waals surface area contributed by atoms with Crippen LogP contribution in [-0.4, -0.2) is 39.8 Å². The quantitative estimate of drug-likeness (QED) is 0.461. The Labute approximate surface area is 120 Å². The van der Waals surface area contributed by atoms with E-state index in [1.165, 1.54) is 12.1 Å². The van der Waals surface area contributed by atoms with E-state index in [0.29, 0.717) is 4.47 Å². The SMILES string of the molecule is O=C(Nc1cc([N+](=O)[O-])ccc1Br)N[C@H](CO)C(=O)O. The molecule has 20 heavy (non-hydrogen) atoms. The van der Waals surface area contributed by atoms with Crippen molar-refractivity contribution in [1.29, 1.82) is 0 Å². The predicted octanol–water partition coefficient (Wildman–Crippen LogP) is 0.924. The smallest absolute Gasteiger partial charge is 0.328 e. The number of aliphatic carboxylic acids is 1. The number of anilines is 1. The van der Waals surface area contributed by atoms with E-state index in [9.17, 15) is 19.7 Å². The molecular weight excluding hydrogens is 338 g/mol. The summed E-state index contributed by atoms with van der Waals surface area (Å²) in [5.41, 5.74) is -0.140. The van der Waals surface area contributed by atoms with Crippen molar-refractivity contribution in [2.24, 2.45) is 0 Å². The van der Waals surface area contributed by atoms with Crippen LogP contribution in [0.4, 0.5) is 16.2 Å². The summed E-state index contributed by atoms with van der Waals surface area (Å²) in [6.45, 7) is -0.779. The number of nitrogens with one attached hydrogen (secondary N) is 2. The minimum atomic E-state index is -1.47. The Kier molecular flexibility index (Phi) is 5.41. The molecule has 0 spiro atoms. The van der Waals surface area contributed by atoms with Gasteiger partial charge in [-0.3, -0.25) is 10.1 Å². The van der Waals surface area contributed by atoms with Crippen LogP contribution in [0.2, 0.25) is 0 Å². The van der Waals surface area contributed by atoms with Gasteiger partial charge in [-0.05, 0) is 22.0 Å². The molecule has 108 valence electrons. The summed E-state index contributed by atoms with van der Waals surface area (Å²) in [5, 5.41) is 32.3. The topological polar surface area (TPSA) is 142 Å². The Balaban J connectivity index is 2.82. The molecule has 0 saturated heterocycles. The first-order valence-corrected chi connectivity index (χ1v) is 5.99. The number of carboxylic acid groups (broad SMARTS) is 1. The number of hydrogen-bond acceptors (Lipinski definition) is 5. The fourth-order valence-corrected chi connectivity index (χ4v) is 1.57. The number of non-ortho nitro benzene ring substituents is 1. The number of amides is 2. The minimum Gasteiger partial charge on any atom is -0.480 e. The third-order valence-electron chi connectivity index (χ3n) is 2.19. The van der Waals surface area contributed by atoms with E-state index in [-0.39, 0.29) is 11.4 Å². The van der Waals surface area contributed by atoms with Crippen molar-refractivity contribution < 1.29 is 24.7 Å². The zero-order valence-corrected chi connectivity index (χ0v) is 11.5. The number of aliphatic hydroxyl groups is 1. The van der Waals surface area contributed by atoms with Gasteiger partial charge in [0, 0.05) is 16.6 Å². The Morgan fingerprint density at radius 2 is 2.10 bits per heavy atom. The summed E-state index contributed by atoms with van der Waals surface area (Å²) in [6.07, 6.45) is 0. The van der Waals surface area contributed by atoms with Crippen molar-refractivity contribution in [3.63, 3.8) is 0 Å².